The number of esters is 1. The fourth-order valence-electron chi connectivity index (χ4n) is 4.36. The molecule has 1 aromatic heterocycles. The van der Waals surface area contributed by atoms with Crippen molar-refractivity contribution in [1.29, 1.82) is 5.26 Å². The molecule has 0 bridgehead atoms. The van der Waals surface area contributed by atoms with E-state index < -0.39 is 47.2 Å². The Balaban J connectivity index is 1.45. The Bertz CT molecular complexity index is 1470. The van der Waals surface area contributed by atoms with Crippen LogP contribution in [0.25, 0.3) is 6.08 Å². The van der Waals surface area contributed by atoms with Crippen LogP contribution in [0.3, 0.4) is 0 Å². The van der Waals surface area contributed by atoms with E-state index in [9.17, 15) is 18.7 Å². The minimum atomic E-state index is -1.71. The quantitative estimate of drug-likeness (QED) is 0.256. The van der Waals surface area contributed by atoms with E-state index in [0.29, 0.717) is 11.6 Å². The number of aliphatic hydroxyl groups is 1. The van der Waals surface area contributed by atoms with Gasteiger partial charge in [-0.15, -0.1) is 11.8 Å². The maximum atomic E-state index is 15.2. The number of ether oxygens (including phenoxy) is 3. The zero-order chi connectivity index (χ0) is 30.1. The van der Waals surface area contributed by atoms with Crippen LogP contribution in [0.15, 0.2) is 67.3 Å². The summed E-state index contributed by atoms with van der Waals surface area (Å²) < 4.78 is 61.7. The SMILES string of the molecule is C[C@@H](S[C@H]1CO[C@H](C=CC=Cc2ccc(C#N)cc2F)OC1)[C@@](Cn1cncn1)(OC(=O)CO)c1ccc(F)cc1F. The van der Waals surface area contributed by atoms with E-state index in [1.165, 1.54) is 47.3 Å². The van der Waals surface area contributed by atoms with Crippen molar-refractivity contribution in [3.8, 4) is 6.07 Å². The first kappa shape index (κ1) is 31.0. The van der Waals surface area contributed by atoms with Crippen molar-refractivity contribution in [2.75, 3.05) is 19.8 Å². The number of allylic oxidation sites excluding steroid dienone is 2. The highest BCUT2D eigenvalue weighted by Crippen LogP contribution is 2.42. The summed E-state index contributed by atoms with van der Waals surface area (Å²) in [6.07, 6.45) is 8.42. The summed E-state index contributed by atoms with van der Waals surface area (Å²) in [7, 11) is 0. The Morgan fingerprint density at radius 2 is 2.02 bits per heavy atom. The van der Waals surface area contributed by atoms with Crippen LogP contribution < -0.4 is 0 Å². The lowest BCUT2D eigenvalue weighted by atomic mass is 9.89. The molecule has 0 aliphatic carbocycles. The first-order valence-electron chi connectivity index (χ1n) is 12.8. The molecule has 2 heterocycles. The Kier molecular flexibility index (Phi) is 10.5. The third kappa shape index (κ3) is 7.65. The molecule has 9 nitrogen and oxygen atoms in total. The molecule has 0 unspecified atom stereocenters. The van der Waals surface area contributed by atoms with E-state index in [-0.39, 0.29) is 36.1 Å². The van der Waals surface area contributed by atoms with E-state index in [1.54, 1.807) is 31.2 Å². The number of thioether (sulfide) groups is 1. The van der Waals surface area contributed by atoms with Crippen molar-refractivity contribution in [3.05, 3.63) is 101 Å². The first-order valence-corrected chi connectivity index (χ1v) is 13.7. The number of rotatable bonds is 11. The average molecular weight is 601 g/mol. The molecular formula is C29H27F3N4O5S. The Labute approximate surface area is 244 Å². The van der Waals surface area contributed by atoms with E-state index in [4.69, 9.17) is 19.5 Å². The van der Waals surface area contributed by atoms with Gasteiger partial charge < -0.3 is 19.3 Å². The molecule has 0 spiro atoms. The third-order valence-electron chi connectivity index (χ3n) is 6.41. The van der Waals surface area contributed by atoms with E-state index in [0.717, 1.165) is 12.1 Å². The molecule has 4 rings (SSSR count). The standard InChI is InChI=1S/C29H27F3N4O5S/c1-19(29(41-27(38)13-37,16-36-18-34-17-35-36)24-9-8-22(30)11-26(24)32)42-23-14-39-28(40-15-23)5-3-2-4-21-7-6-20(12-33)10-25(21)31/h2-11,17-19,23,28,37H,13-16H2,1H3/t19-,23-,28-,29-/m1/s1. The minimum absolute atomic E-state index is 0.0925. The molecule has 0 radical (unpaired) electrons. The van der Waals surface area contributed by atoms with Gasteiger partial charge in [-0.05, 0) is 37.3 Å². The maximum Gasteiger partial charge on any atom is 0.332 e. The summed E-state index contributed by atoms with van der Waals surface area (Å²) in [4.78, 5) is 16.3. The molecule has 1 aliphatic heterocycles. The van der Waals surface area contributed by atoms with Crippen LogP contribution in [-0.4, -0.2) is 62.5 Å². The molecular weight excluding hydrogens is 573 g/mol. The van der Waals surface area contributed by atoms with Crippen molar-refractivity contribution >= 4 is 23.8 Å². The van der Waals surface area contributed by atoms with Gasteiger partial charge in [0.2, 0.25) is 0 Å². The number of aromatic nitrogens is 3. The predicted molar refractivity (Wildman–Crippen MR) is 147 cm³/mol. The van der Waals surface area contributed by atoms with Gasteiger partial charge in [0, 0.05) is 22.4 Å². The molecule has 2 atom stereocenters. The van der Waals surface area contributed by atoms with Crippen molar-refractivity contribution in [3.63, 3.8) is 0 Å². The zero-order valence-electron chi connectivity index (χ0n) is 22.4. The lowest BCUT2D eigenvalue weighted by Crippen LogP contribution is -2.47. The highest BCUT2D eigenvalue weighted by atomic mass is 32.2. The third-order valence-corrected chi connectivity index (χ3v) is 7.85. The van der Waals surface area contributed by atoms with Gasteiger partial charge in [0.1, 0.15) is 36.7 Å². The van der Waals surface area contributed by atoms with Crippen molar-refractivity contribution < 1.29 is 37.3 Å². The van der Waals surface area contributed by atoms with Gasteiger partial charge in [-0.3, -0.25) is 0 Å². The number of carbonyl (C=O) groups is 1. The van der Waals surface area contributed by atoms with Crippen LogP contribution in [0.4, 0.5) is 13.2 Å². The van der Waals surface area contributed by atoms with Crippen molar-refractivity contribution in [2.24, 2.45) is 0 Å². The fourth-order valence-corrected chi connectivity index (χ4v) is 5.72. The Morgan fingerprint density at radius 1 is 1.24 bits per heavy atom. The second kappa shape index (κ2) is 14.3. The van der Waals surface area contributed by atoms with Gasteiger partial charge in [-0.25, -0.2) is 27.6 Å². The molecule has 1 aliphatic rings. The number of carbonyl (C=O) groups excluding carboxylic acids is 1. The van der Waals surface area contributed by atoms with Crippen LogP contribution in [-0.2, 0) is 31.2 Å². The van der Waals surface area contributed by atoms with Gasteiger partial charge in [-0.1, -0.05) is 24.3 Å². The molecule has 0 amide bonds. The van der Waals surface area contributed by atoms with Crippen LogP contribution in [0.2, 0.25) is 0 Å². The highest BCUT2D eigenvalue weighted by molar-refractivity contribution is 8.00. The minimum Gasteiger partial charge on any atom is -0.449 e. The number of benzene rings is 2. The Hall–Kier alpha value is -3.96. The normalized spacial score (nSPS) is 19.4. The smallest absolute Gasteiger partial charge is 0.332 e. The lowest BCUT2D eigenvalue weighted by molar-refractivity contribution is -0.167. The van der Waals surface area contributed by atoms with E-state index in [1.807, 2.05) is 6.07 Å². The number of nitriles is 1. The zero-order valence-corrected chi connectivity index (χ0v) is 23.2. The number of halogens is 3. The summed E-state index contributed by atoms with van der Waals surface area (Å²) >= 11 is 1.31. The van der Waals surface area contributed by atoms with Crippen LogP contribution >= 0.6 is 11.8 Å². The van der Waals surface area contributed by atoms with Gasteiger partial charge in [0.25, 0.3) is 0 Å². The topological polar surface area (TPSA) is 119 Å². The molecule has 220 valence electrons. The monoisotopic (exact) mass is 600 g/mol. The average Bonchev–Trinajstić information content (AvgIpc) is 3.49. The fraction of sp³-hybridized carbons (Fsp3) is 0.310. The first-order chi connectivity index (χ1) is 20.2. The molecule has 13 heteroatoms. The summed E-state index contributed by atoms with van der Waals surface area (Å²) in [5.41, 5.74) is -1.25. The molecule has 42 heavy (non-hydrogen) atoms. The Morgan fingerprint density at radius 3 is 2.67 bits per heavy atom. The van der Waals surface area contributed by atoms with Gasteiger partial charge >= 0.3 is 5.97 Å². The summed E-state index contributed by atoms with van der Waals surface area (Å²) in [6.45, 7) is 1.07. The maximum absolute atomic E-state index is 15.2. The van der Waals surface area contributed by atoms with Gasteiger partial charge in [0.05, 0.1) is 36.6 Å². The summed E-state index contributed by atoms with van der Waals surface area (Å²) in [5.74, 6) is -3.24. The number of nitrogens with zero attached hydrogens (tertiary/aromatic N) is 4. The van der Waals surface area contributed by atoms with Crippen LogP contribution in [0.1, 0.15) is 23.6 Å². The van der Waals surface area contributed by atoms with Crippen molar-refractivity contribution in [2.45, 2.75) is 35.9 Å². The second-order valence-electron chi connectivity index (χ2n) is 9.27. The molecule has 0 saturated carbocycles. The van der Waals surface area contributed by atoms with E-state index in [2.05, 4.69) is 10.1 Å². The van der Waals surface area contributed by atoms with Gasteiger partial charge in [-0.2, -0.15) is 10.4 Å². The summed E-state index contributed by atoms with van der Waals surface area (Å²) in [5, 5.41) is 21.4. The van der Waals surface area contributed by atoms with Crippen molar-refractivity contribution in [1.82, 2.24) is 14.8 Å². The highest BCUT2D eigenvalue weighted by Gasteiger charge is 2.46. The summed E-state index contributed by atoms with van der Waals surface area (Å²) in [6, 6.07) is 9.03. The number of hydrogen-bond acceptors (Lipinski definition) is 9. The number of aliphatic hydroxyl groups excluding tert-OH is 1. The van der Waals surface area contributed by atoms with Crippen LogP contribution in [0.5, 0.6) is 0 Å². The molecule has 1 fully saturated rings. The van der Waals surface area contributed by atoms with E-state index >= 15 is 4.39 Å². The van der Waals surface area contributed by atoms with Crippen LogP contribution in [0, 0.1) is 28.8 Å². The predicted octanol–water partition coefficient (Wildman–Crippen LogP) is 4.13. The van der Waals surface area contributed by atoms with Gasteiger partial charge in [0.15, 0.2) is 11.9 Å². The molecule has 3 aromatic rings. The largest absolute Gasteiger partial charge is 0.449 e. The second-order valence-corrected chi connectivity index (χ2v) is 10.9. The molecule has 1 saturated heterocycles. The molecule has 2 aromatic carbocycles. The number of hydrogen-bond donors (Lipinski definition) is 1. The molecule has 1 N–H and O–H groups in total. The lowest BCUT2D eigenvalue weighted by Gasteiger charge is -2.40.